The fourth-order valence-electron chi connectivity index (χ4n) is 2.03. The Morgan fingerprint density at radius 2 is 2.00 bits per heavy atom. The van der Waals surface area contributed by atoms with Crippen LogP contribution in [0.2, 0.25) is 0 Å². The maximum atomic E-state index is 6.00. The van der Waals surface area contributed by atoms with Crippen molar-refractivity contribution in [3.8, 4) is 0 Å². The fourth-order valence-corrected chi connectivity index (χ4v) is 2.03. The van der Waals surface area contributed by atoms with Crippen LogP contribution in [0.15, 0.2) is 48.6 Å². The summed E-state index contributed by atoms with van der Waals surface area (Å²) in [6.45, 7) is 2.22. The summed E-state index contributed by atoms with van der Waals surface area (Å²) in [5.74, 6) is 0. The molecule has 0 aromatic heterocycles. The van der Waals surface area contributed by atoms with Crippen molar-refractivity contribution < 1.29 is 0 Å². The SMILES string of the molecule is CN(c1ccccc1N)C1(C)C=CC=CC1. The van der Waals surface area contributed by atoms with Crippen LogP contribution < -0.4 is 10.6 Å². The smallest absolute Gasteiger partial charge is 0.0604 e. The molecular formula is C14H18N2. The molecule has 2 nitrogen and oxygen atoms in total. The molecule has 1 aromatic carbocycles. The van der Waals surface area contributed by atoms with Crippen molar-refractivity contribution in [2.75, 3.05) is 17.7 Å². The van der Waals surface area contributed by atoms with Gasteiger partial charge in [-0.1, -0.05) is 36.4 Å². The van der Waals surface area contributed by atoms with Gasteiger partial charge in [-0.2, -0.15) is 0 Å². The molecule has 1 atom stereocenters. The molecule has 0 saturated heterocycles. The molecule has 84 valence electrons. The lowest BCUT2D eigenvalue weighted by Gasteiger charge is -2.39. The van der Waals surface area contributed by atoms with E-state index in [2.05, 4.69) is 49.2 Å². The van der Waals surface area contributed by atoms with Crippen LogP contribution in [0.3, 0.4) is 0 Å². The number of likely N-dealkylation sites (N-methyl/N-ethyl adjacent to an activating group) is 1. The second kappa shape index (κ2) is 4.05. The molecule has 2 heteroatoms. The van der Waals surface area contributed by atoms with Crippen LogP contribution in [0, 0.1) is 0 Å². The molecule has 0 heterocycles. The second-order valence-corrected chi connectivity index (χ2v) is 4.47. The monoisotopic (exact) mass is 214 g/mol. The first-order valence-electron chi connectivity index (χ1n) is 5.56. The number of nitrogen functional groups attached to an aromatic ring is 1. The zero-order chi connectivity index (χ0) is 11.6. The summed E-state index contributed by atoms with van der Waals surface area (Å²) >= 11 is 0. The number of nitrogens with zero attached hydrogens (tertiary/aromatic N) is 1. The molecule has 0 fully saturated rings. The highest BCUT2D eigenvalue weighted by molar-refractivity contribution is 5.68. The Kier molecular flexibility index (Phi) is 2.73. The number of para-hydroxylation sites is 2. The molecule has 1 aromatic rings. The topological polar surface area (TPSA) is 29.3 Å². The molecule has 0 spiro atoms. The van der Waals surface area contributed by atoms with Gasteiger partial charge in [0.1, 0.15) is 0 Å². The fraction of sp³-hybridized carbons (Fsp3) is 0.286. The first kappa shape index (κ1) is 10.8. The van der Waals surface area contributed by atoms with Crippen molar-refractivity contribution in [3.05, 3.63) is 48.6 Å². The van der Waals surface area contributed by atoms with E-state index in [1.54, 1.807) is 0 Å². The van der Waals surface area contributed by atoms with Crippen molar-refractivity contribution in [2.45, 2.75) is 18.9 Å². The van der Waals surface area contributed by atoms with Crippen molar-refractivity contribution in [2.24, 2.45) is 0 Å². The van der Waals surface area contributed by atoms with Crippen LogP contribution in [0.4, 0.5) is 11.4 Å². The van der Waals surface area contributed by atoms with E-state index in [1.807, 2.05) is 18.2 Å². The lowest BCUT2D eigenvalue weighted by molar-refractivity contribution is 0.549. The molecule has 16 heavy (non-hydrogen) atoms. The van der Waals surface area contributed by atoms with Gasteiger partial charge in [0, 0.05) is 7.05 Å². The molecule has 1 aliphatic rings. The number of hydrogen-bond donors (Lipinski definition) is 1. The van der Waals surface area contributed by atoms with Gasteiger partial charge in [0.2, 0.25) is 0 Å². The minimum absolute atomic E-state index is 0.0181. The van der Waals surface area contributed by atoms with Gasteiger partial charge in [-0.05, 0) is 25.5 Å². The van der Waals surface area contributed by atoms with Crippen molar-refractivity contribution in [1.82, 2.24) is 0 Å². The summed E-state index contributed by atoms with van der Waals surface area (Å²) in [5, 5.41) is 0. The molecule has 1 aliphatic carbocycles. The van der Waals surface area contributed by atoms with Gasteiger partial charge in [0.25, 0.3) is 0 Å². The lowest BCUT2D eigenvalue weighted by atomic mass is 9.91. The number of nitrogens with two attached hydrogens (primary N) is 1. The van der Waals surface area contributed by atoms with Gasteiger partial charge >= 0.3 is 0 Å². The van der Waals surface area contributed by atoms with E-state index in [-0.39, 0.29) is 5.54 Å². The van der Waals surface area contributed by atoms with Crippen molar-refractivity contribution in [1.29, 1.82) is 0 Å². The van der Waals surface area contributed by atoms with Crippen LogP contribution in [-0.2, 0) is 0 Å². The largest absolute Gasteiger partial charge is 0.397 e. The summed E-state index contributed by atoms with van der Waals surface area (Å²) in [6, 6.07) is 7.99. The number of benzene rings is 1. The zero-order valence-corrected chi connectivity index (χ0v) is 9.85. The summed E-state index contributed by atoms with van der Waals surface area (Å²) in [6.07, 6.45) is 9.60. The molecular weight excluding hydrogens is 196 g/mol. The first-order valence-corrected chi connectivity index (χ1v) is 5.56. The molecule has 0 bridgehead atoms. The van der Waals surface area contributed by atoms with Gasteiger partial charge < -0.3 is 10.6 Å². The first-order chi connectivity index (χ1) is 7.63. The van der Waals surface area contributed by atoms with E-state index < -0.39 is 0 Å². The number of hydrogen-bond acceptors (Lipinski definition) is 2. The number of anilines is 2. The normalized spacial score (nSPS) is 23.4. The van der Waals surface area contributed by atoms with E-state index in [0.717, 1.165) is 17.8 Å². The van der Waals surface area contributed by atoms with E-state index in [9.17, 15) is 0 Å². The Morgan fingerprint density at radius 1 is 1.25 bits per heavy atom. The molecule has 0 amide bonds. The minimum atomic E-state index is 0.0181. The van der Waals surface area contributed by atoms with Crippen LogP contribution in [0.25, 0.3) is 0 Å². The molecule has 2 rings (SSSR count). The molecule has 1 unspecified atom stereocenters. The standard InChI is InChI=1S/C14H18N2/c1-14(10-6-3-7-11-14)16(2)13-9-5-4-8-12(13)15/h3-10H,11,15H2,1-2H3. The maximum Gasteiger partial charge on any atom is 0.0604 e. The van der Waals surface area contributed by atoms with Gasteiger partial charge in [0.15, 0.2) is 0 Å². The summed E-state index contributed by atoms with van der Waals surface area (Å²) in [5.41, 5.74) is 7.94. The summed E-state index contributed by atoms with van der Waals surface area (Å²) in [4.78, 5) is 2.24. The minimum Gasteiger partial charge on any atom is -0.397 e. The van der Waals surface area contributed by atoms with Crippen molar-refractivity contribution in [3.63, 3.8) is 0 Å². The highest BCUT2D eigenvalue weighted by Crippen LogP contribution is 2.32. The van der Waals surface area contributed by atoms with Crippen molar-refractivity contribution >= 4 is 11.4 Å². The van der Waals surface area contributed by atoms with E-state index >= 15 is 0 Å². The Balaban J connectivity index is 2.32. The van der Waals surface area contributed by atoms with Gasteiger partial charge in [-0.3, -0.25) is 0 Å². The molecule has 0 radical (unpaired) electrons. The van der Waals surface area contributed by atoms with Crippen LogP contribution in [-0.4, -0.2) is 12.6 Å². The number of allylic oxidation sites excluding steroid dienone is 2. The van der Waals surface area contributed by atoms with Crippen LogP contribution in [0.1, 0.15) is 13.3 Å². The highest BCUT2D eigenvalue weighted by atomic mass is 15.2. The molecule has 0 aliphatic heterocycles. The predicted octanol–water partition coefficient (Wildman–Crippen LogP) is 2.98. The Bertz CT molecular complexity index is 434. The Morgan fingerprint density at radius 3 is 2.62 bits per heavy atom. The zero-order valence-electron chi connectivity index (χ0n) is 9.85. The summed E-state index contributed by atoms with van der Waals surface area (Å²) < 4.78 is 0. The summed E-state index contributed by atoms with van der Waals surface area (Å²) in [7, 11) is 2.09. The van der Waals surface area contributed by atoms with Gasteiger partial charge in [0.05, 0.1) is 16.9 Å². The molecule has 0 saturated carbocycles. The average molecular weight is 214 g/mol. The Hall–Kier alpha value is -1.70. The third-order valence-electron chi connectivity index (χ3n) is 3.30. The van der Waals surface area contributed by atoms with E-state index in [0.29, 0.717) is 0 Å². The predicted molar refractivity (Wildman–Crippen MR) is 70.6 cm³/mol. The Labute approximate surface area is 97.1 Å². The average Bonchev–Trinajstić information content (AvgIpc) is 2.30. The third kappa shape index (κ3) is 1.83. The lowest BCUT2D eigenvalue weighted by Crippen LogP contribution is -2.42. The van der Waals surface area contributed by atoms with Crippen LogP contribution in [0.5, 0.6) is 0 Å². The van der Waals surface area contributed by atoms with E-state index in [4.69, 9.17) is 5.73 Å². The quantitative estimate of drug-likeness (QED) is 0.767. The third-order valence-corrected chi connectivity index (χ3v) is 3.30. The number of rotatable bonds is 2. The highest BCUT2D eigenvalue weighted by Gasteiger charge is 2.27. The maximum absolute atomic E-state index is 6.00. The van der Waals surface area contributed by atoms with E-state index in [1.165, 1.54) is 0 Å². The second-order valence-electron chi connectivity index (χ2n) is 4.47. The van der Waals surface area contributed by atoms with Crippen LogP contribution >= 0.6 is 0 Å². The molecule has 2 N–H and O–H groups in total. The van der Waals surface area contributed by atoms with Gasteiger partial charge in [-0.15, -0.1) is 0 Å². The van der Waals surface area contributed by atoms with Gasteiger partial charge in [-0.25, -0.2) is 0 Å².